The van der Waals surface area contributed by atoms with Crippen molar-refractivity contribution in [3.8, 4) is 11.1 Å². The Bertz CT molecular complexity index is 978. The number of amides is 2. The van der Waals surface area contributed by atoms with Gasteiger partial charge in [-0.05, 0) is 56.2 Å². The third-order valence-electron chi connectivity index (χ3n) is 6.09. The number of ether oxygens (including phenoxy) is 1. The molecule has 0 spiro atoms. The number of rotatable bonds is 11. The Balaban J connectivity index is 1.67. The van der Waals surface area contributed by atoms with Crippen LogP contribution in [0.3, 0.4) is 0 Å². The molecule has 0 bridgehead atoms. The Hall–Kier alpha value is -3.39. The zero-order chi connectivity index (χ0) is 24.7. The van der Waals surface area contributed by atoms with Crippen LogP contribution in [0.5, 0.6) is 0 Å². The summed E-state index contributed by atoms with van der Waals surface area (Å²) in [6.45, 7) is 2.98. The van der Waals surface area contributed by atoms with Crippen LogP contribution in [0.2, 0.25) is 0 Å². The minimum atomic E-state index is -0.972. The minimum Gasteiger partial charge on any atom is -0.481 e. The van der Waals surface area contributed by atoms with Crippen molar-refractivity contribution in [2.75, 3.05) is 40.3 Å². The fourth-order valence-electron chi connectivity index (χ4n) is 4.30. The van der Waals surface area contributed by atoms with Crippen molar-refractivity contribution in [1.82, 2.24) is 15.1 Å². The lowest BCUT2D eigenvalue weighted by molar-refractivity contribution is -0.139. The summed E-state index contributed by atoms with van der Waals surface area (Å²) in [5.41, 5.74) is 4.51. The average molecular weight is 468 g/mol. The number of alkyl carbamates (subject to hydrolysis) is 1. The molecule has 8 nitrogen and oxygen atoms in total. The molecule has 0 saturated heterocycles. The van der Waals surface area contributed by atoms with E-state index in [9.17, 15) is 14.4 Å². The van der Waals surface area contributed by atoms with Crippen molar-refractivity contribution < 1.29 is 24.2 Å². The number of fused-ring (bicyclic) bond motifs is 3. The number of benzene rings is 2. The highest BCUT2D eigenvalue weighted by molar-refractivity contribution is 5.86. The molecule has 1 unspecified atom stereocenters. The van der Waals surface area contributed by atoms with Gasteiger partial charge >= 0.3 is 12.1 Å². The number of carboxylic acid groups (broad SMARTS) is 1. The van der Waals surface area contributed by atoms with Crippen LogP contribution in [-0.4, -0.2) is 79.3 Å². The number of nitrogens with zero attached hydrogens (tertiary/aromatic N) is 2. The Kier molecular flexibility index (Phi) is 8.65. The predicted octanol–water partition coefficient (Wildman–Crippen LogP) is 3.17. The lowest BCUT2D eigenvalue weighted by Gasteiger charge is -2.27. The Labute approximate surface area is 200 Å². The fraction of sp³-hybridized carbons (Fsp3) is 0.423. The number of carbonyl (C=O) groups excluding carboxylic acids is 2. The summed E-state index contributed by atoms with van der Waals surface area (Å²) in [7, 11) is 3.77. The number of likely N-dealkylation sites (N-methyl/N-ethyl adjacent to an activating group) is 1. The molecule has 8 heteroatoms. The number of aliphatic carboxylic acids is 1. The number of hydrogen-bond donors (Lipinski definition) is 2. The van der Waals surface area contributed by atoms with E-state index >= 15 is 0 Å². The summed E-state index contributed by atoms with van der Waals surface area (Å²) in [6, 6.07) is 15.4. The second-order valence-corrected chi connectivity index (χ2v) is 8.68. The van der Waals surface area contributed by atoms with Crippen LogP contribution in [0, 0.1) is 0 Å². The Morgan fingerprint density at radius 2 is 1.59 bits per heavy atom. The molecule has 1 atom stereocenters. The number of nitrogens with one attached hydrogen (secondary N) is 1. The predicted molar refractivity (Wildman–Crippen MR) is 130 cm³/mol. The van der Waals surface area contributed by atoms with Crippen molar-refractivity contribution >= 4 is 18.0 Å². The third kappa shape index (κ3) is 6.14. The summed E-state index contributed by atoms with van der Waals surface area (Å²) < 4.78 is 5.61. The topological polar surface area (TPSA) is 99.2 Å². The smallest absolute Gasteiger partial charge is 0.407 e. The fourth-order valence-corrected chi connectivity index (χ4v) is 4.30. The lowest BCUT2D eigenvalue weighted by Crippen LogP contribution is -2.50. The molecule has 0 aromatic heterocycles. The van der Waals surface area contributed by atoms with E-state index in [1.807, 2.05) is 55.4 Å². The summed E-state index contributed by atoms with van der Waals surface area (Å²) in [5, 5.41) is 11.7. The van der Waals surface area contributed by atoms with Gasteiger partial charge in [-0.2, -0.15) is 0 Å². The van der Waals surface area contributed by atoms with Gasteiger partial charge in [0.25, 0.3) is 0 Å². The zero-order valence-electron chi connectivity index (χ0n) is 20.0. The standard InChI is InChI=1S/C26H33N3O5/c1-4-29(16-14-24(30)31)25(32)23(13-15-28(2)3)27-26(33)34-17-22-20-11-7-5-9-18(20)19-10-6-8-12-21(19)22/h5-12,22-23H,4,13-17H2,1-3H3,(H,27,33)(H,30,31). The van der Waals surface area contributed by atoms with Gasteiger partial charge in [0.15, 0.2) is 0 Å². The summed E-state index contributed by atoms with van der Waals surface area (Å²) in [5.74, 6) is -1.35. The first-order valence-electron chi connectivity index (χ1n) is 11.6. The number of hydrogen-bond acceptors (Lipinski definition) is 5. The molecule has 2 N–H and O–H groups in total. The maximum Gasteiger partial charge on any atom is 0.407 e. The van der Waals surface area contributed by atoms with E-state index < -0.39 is 18.1 Å². The van der Waals surface area contributed by atoms with Crippen molar-refractivity contribution in [2.24, 2.45) is 0 Å². The average Bonchev–Trinajstić information content (AvgIpc) is 3.14. The minimum absolute atomic E-state index is 0.0724. The van der Waals surface area contributed by atoms with Gasteiger partial charge in [-0.25, -0.2) is 4.79 Å². The van der Waals surface area contributed by atoms with Crippen LogP contribution in [0.15, 0.2) is 48.5 Å². The van der Waals surface area contributed by atoms with Gasteiger partial charge in [-0.1, -0.05) is 48.5 Å². The van der Waals surface area contributed by atoms with E-state index in [-0.39, 0.29) is 31.4 Å². The molecule has 2 aromatic rings. The maximum absolute atomic E-state index is 13.1. The maximum atomic E-state index is 13.1. The molecule has 34 heavy (non-hydrogen) atoms. The molecule has 0 radical (unpaired) electrons. The second kappa shape index (κ2) is 11.7. The van der Waals surface area contributed by atoms with E-state index in [0.29, 0.717) is 19.5 Å². The quantitative estimate of drug-likeness (QED) is 0.527. The third-order valence-corrected chi connectivity index (χ3v) is 6.09. The van der Waals surface area contributed by atoms with Gasteiger partial charge in [0.05, 0.1) is 6.42 Å². The van der Waals surface area contributed by atoms with Crippen LogP contribution in [-0.2, 0) is 14.3 Å². The van der Waals surface area contributed by atoms with E-state index in [1.54, 1.807) is 6.92 Å². The molecular formula is C26H33N3O5. The van der Waals surface area contributed by atoms with Gasteiger partial charge < -0.3 is 25.0 Å². The van der Waals surface area contributed by atoms with Gasteiger partial charge in [-0.3, -0.25) is 9.59 Å². The van der Waals surface area contributed by atoms with Crippen molar-refractivity contribution in [3.05, 3.63) is 59.7 Å². The lowest BCUT2D eigenvalue weighted by atomic mass is 9.98. The monoisotopic (exact) mass is 467 g/mol. The molecular weight excluding hydrogens is 434 g/mol. The largest absolute Gasteiger partial charge is 0.481 e. The molecule has 182 valence electrons. The second-order valence-electron chi connectivity index (χ2n) is 8.68. The molecule has 3 rings (SSSR count). The molecule has 0 fully saturated rings. The molecule has 2 aromatic carbocycles. The highest BCUT2D eigenvalue weighted by Gasteiger charge is 2.30. The van der Waals surface area contributed by atoms with Gasteiger partial charge in [0.2, 0.25) is 5.91 Å². The van der Waals surface area contributed by atoms with Crippen LogP contribution in [0.25, 0.3) is 11.1 Å². The first kappa shape index (κ1) is 25.2. The Morgan fingerprint density at radius 3 is 2.12 bits per heavy atom. The van der Waals surface area contributed by atoms with Crippen molar-refractivity contribution in [3.63, 3.8) is 0 Å². The van der Waals surface area contributed by atoms with Gasteiger partial charge in [0, 0.05) is 19.0 Å². The molecule has 0 saturated carbocycles. The molecule has 0 heterocycles. The first-order valence-corrected chi connectivity index (χ1v) is 11.6. The normalized spacial score (nSPS) is 13.2. The van der Waals surface area contributed by atoms with Crippen LogP contribution in [0.1, 0.15) is 36.8 Å². The van der Waals surface area contributed by atoms with E-state index in [4.69, 9.17) is 9.84 Å². The molecule has 2 amide bonds. The Morgan fingerprint density at radius 1 is 1.00 bits per heavy atom. The number of carbonyl (C=O) groups is 3. The molecule has 0 aliphatic heterocycles. The highest BCUT2D eigenvalue weighted by atomic mass is 16.5. The molecule has 1 aliphatic rings. The first-order chi connectivity index (χ1) is 16.3. The van der Waals surface area contributed by atoms with E-state index in [0.717, 1.165) is 22.3 Å². The van der Waals surface area contributed by atoms with Crippen LogP contribution < -0.4 is 5.32 Å². The van der Waals surface area contributed by atoms with Gasteiger partial charge in [-0.15, -0.1) is 0 Å². The number of carboxylic acids is 1. The summed E-state index contributed by atoms with van der Waals surface area (Å²) in [4.78, 5) is 40.2. The molecule has 1 aliphatic carbocycles. The van der Waals surface area contributed by atoms with Crippen molar-refractivity contribution in [2.45, 2.75) is 31.7 Å². The highest BCUT2D eigenvalue weighted by Crippen LogP contribution is 2.44. The van der Waals surface area contributed by atoms with E-state index in [2.05, 4.69) is 17.4 Å². The summed E-state index contributed by atoms with van der Waals surface area (Å²) >= 11 is 0. The summed E-state index contributed by atoms with van der Waals surface area (Å²) in [6.07, 6.45) is -0.418. The van der Waals surface area contributed by atoms with Crippen molar-refractivity contribution in [1.29, 1.82) is 0 Å². The van der Waals surface area contributed by atoms with E-state index in [1.165, 1.54) is 4.90 Å². The SMILES string of the molecule is CCN(CCC(=O)O)C(=O)C(CCN(C)C)NC(=O)OCC1c2ccccc2-c2ccccc21. The zero-order valence-corrected chi connectivity index (χ0v) is 20.0. The van der Waals surface area contributed by atoms with Gasteiger partial charge in [0.1, 0.15) is 12.6 Å². The van der Waals surface area contributed by atoms with Crippen LogP contribution in [0.4, 0.5) is 4.79 Å². The van der Waals surface area contributed by atoms with Crippen LogP contribution >= 0.6 is 0 Å².